The van der Waals surface area contributed by atoms with Gasteiger partial charge in [0, 0.05) is 17.8 Å². The summed E-state index contributed by atoms with van der Waals surface area (Å²) in [6, 6.07) is 8.99. The van der Waals surface area contributed by atoms with Crippen LogP contribution in [0.2, 0.25) is 0 Å². The monoisotopic (exact) mass is 212 g/mol. The molecule has 0 aliphatic rings. The number of nitrogens with zero attached hydrogens (tertiary/aromatic N) is 2. The standard InChI is InChI=1S/C12H8N2O2/c15-12-10-7-13-6-5-8(10)9-3-1-2-4-11(9)14(12)16/h1-7,16H. The number of pyridine rings is 2. The number of hydrogen-bond donors (Lipinski definition) is 1. The van der Waals surface area contributed by atoms with Crippen molar-refractivity contribution in [3.05, 3.63) is 53.1 Å². The van der Waals surface area contributed by atoms with Crippen LogP contribution in [0.15, 0.2) is 47.5 Å². The highest BCUT2D eigenvalue weighted by atomic mass is 16.5. The molecule has 2 heterocycles. The van der Waals surface area contributed by atoms with Crippen LogP contribution >= 0.6 is 0 Å². The highest BCUT2D eigenvalue weighted by molar-refractivity contribution is 6.04. The Morgan fingerprint density at radius 3 is 2.75 bits per heavy atom. The number of para-hydroxylation sites is 1. The third kappa shape index (κ3) is 1.04. The molecule has 0 saturated carbocycles. The third-order valence-electron chi connectivity index (χ3n) is 2.67. The highest BCUT2D eigenvalue weighted by Gasteiger charge is 2.08. The molecule has 4 heteroatoms. The number of aromatic nitrogens is 2. The van der Waals surface area contributed by atoms with Crippen LogP contribution in [0.3, 0.4) is 0 Å². The summed E-state index contributed by atoms with van der Waals surface area (Å²) < 4.78 is 0.666. The van der Waals surface area contributed by atoms with Crippen LogP contribution < -0.4 is 5.56 Å². The van der Waals surface area contributed by atoms with Gasteiger partial charge in [-0.1, -0.05) is 18.2 Å². The average Bonchev–Trinajstić information content (AvgIpc) is 2.36. The molecule has 3 aromatic rings. The number of fused-ring (bicyclic) bond motifs is 3. The quantitative estimate of drug-likeness (QED) is 0.456. The van der Waals surface area contributed by atoms with E-state index in [0.29, 0.717) is 15.6 Å². The SMILES string of the molecule is O=c1c2cnccc2c2ccccc2n1O. The molecule has 0 bridgehead atoms. The van der Waals surface area contributed by atoms with E-state index in [9.17, 15) is 10.0 Å². The third-order valence-corrected chi connectivity index (χ3v) is 2.67. The first-order chi connectivity index (χ1) is 7.79. The summed E-state index contributed by atoms with van der Waals surface area (Å²) in [6.07, 6.45) is 3.10. The first kappa shape index (κ1) is 8.91. The average molecular weight is 212 g/mol. The van der Waals surface area contributed by atoms with Gasteiger partial charge in [-0.2, -0.15) is 0 Å². The predicted molar refractivity (Wildman–Crippen MR) is 60.7 cm³/mol. The molecule has 0 fully saturated rings. The number of rotatable bonds is 0. The van der Waals surface area contributed by atoms with Crippen LogP contribution in [0, 0.1) is 0 Å². The Labute approximate surface area is 90.4 Å². The topological polar surface area (TPSA) is 55.1 Å². The Morgan fingerprint density at radius 2 is 1.88 bits per heavy atom. The van der Waals surface area contributed by atoms with Crippen molar-refractivity contribution < 1.29 is 5.21 Å². The van der Waals surface area contributed by atoms with Crippen molar-refractivity contribution >= 4 is 21.7 Å². The van der Waals surface area contributed by atoms with Gasteiger partial charge in [-0.15, -0.1) is 4.73 Å². The fraction of sp³-hybridized carbons (Fsp3) is 0. The molecule has 0 spiro atoms. The van der Waals surface area contributed by atoms with E-state index in [2.05, 4.69) is 4.98 Å². The van der Waals surface area contributed by atoms with Crippen LogP contribution in [-0.4, -0.2) is 14.9 Å². The van der Waals surface area contributed by atoms with Crippen molar-refractivity contribution in [2.45, 2.75) is 0 Å². The Hall–Kier alpha value is -2.36. The van der Waals surface area contributed by atoms with E-state index in [0.717, 1.165) is 10.8 Å². The minimum Gasteiger partial charge on any atom is -0.425 e. The van der Waals surface area contributed by atoms with Gasteiger partial charge in [0.05, 0.1) is 10.9 Å². The molecule has 16 heavy (non-hydrogen) atoms. The van der Waals surface area contributed by atoms with Crippen molar-refractivity contribution in [2.75, 3.05) is 0 Å². The minimum absolute atomic E-state index is 0.420. The van der Waals surface area contributed by atoms with Crippen molar-refractivity contribution in [1.29, 1.82) is 0 Å². The highest BCUT2D eigenvalue weighted by Crippen LogP contribution is 2.20. The van der Waals surface area contributed by atoms with Gasteiger partial charge in [0.2, 0.25) is 0 Å². The van der Waals surface area contributed by atoms with E-state index in [4.69, 9.17) is 0 Å². The van der Waals surface area contributed by atoms with Gasteiger partial charge in [-0.3, -0.25) is 9.78 Å². The molecule has 78 valence electrons. The van der Waals surface area contributed by atoms with E-state index in [1.54, 1.807) is 24.4 Å². The van der Waals surface area contributed by atoms with Crippen LogP contribution in [0.5, 0.6) is 0 Å². The zero-order valence-corrected chi connectivity index (χ0v) is 8.29. The summed E-state index contributed by atoms with van der Waals surface area (Å²) in [5.41, 5.74) is 0.0630. The van der Waals surface area contributed by atoms with Crippen molar-refractivity contribution in [3.63, 3.8) is 0 Å². The second-order valence-corrected chi connectivity index (χ2v) is 3.56. The Bertz CT molecular complexity index is 747. The maximum atomic E-state index is 11.8. The van der Waals surface area contributed by atoms with E-state index in [-0.39, 0.29) is 0 Å². The summed E-state index contributed by atoms with van der Waals surface area (Å²) in [7, 11) is 0. The molecule has 0 radical (unpaired) electrons. The lowest BCUT2D eigenvalue weighted by molar-refractivity contribution is 0.190. The zero-order valence-electron chi connectivity index (χ0n) is 8.29. The Balaban J connectivity index is 2.74. The lowest BCUT2D eigenvalue weighted by Crippen LogP contribution is -2.18. The first-order valence-electron chi connectivity index (χ1n) is 4.86. The van der Waals surface area contributed by atoms with Crippen molar-refractivity contribution in [2.24, 2.45) is 0 Å². The summed E-state index contributed by atoms with van der Waals surface area (Å²) in [5, 5.41) is 11.8. The summed E-state index contributed by atoms with van der Waals surface area (Å²) in [5.74, 6) is 0. The van der Waals surface area contributed by atoms with Crippen molar-refractivity contribution in [1.82, 2.24) is 9.71 Å². The maximum Gasteiger partial charge on any atom is 0.292 e. The molecule has 0 atom stereocenters. The molecule has 0 aliphatic carbocycles. The normalized spacial score (nSPS) is 11.0. The van der Waals surface area contributed by atoms with E-state index in [1.807, 2.05) is 12.1 Å². The largest absolute Gasteiger partial charge is 0.425 e. The van der Waals surface area contributed by atoms with Gasteiger partial charge in [0.15, 0.2) is 0 Å². The molecule has 4 nitrogen and oxygen atoms in total. The fourth-order valence-corrected chi connectivity index (χ4v) is 1.91. The van der Waals surface area contributed by atoms with Gasteiger partial charge in [-0.05, 0) is 17.5 Å². The fourth-order valence-electron chi connectivity index (χ4n) is 1.91. The number of benzene rings is 1. The van der Waals surface area contributed by atoms with Crippen LogP contribution in [0.4, 0.5) is 0 Å². The molecule has 1 aromatic carbocycles. The maximum absolute atomic E-state index is 11.8. The molecule has 3 rings (SSSR count). The molecule has 0 unspecified atom stereocenters. The minimum atomic E-state index is -0.443. The molecular weight excluding hydrogens is 204 g/mol. The summed E-state index contributed by atoms with van der Waals surface area (Å²) in [6.45, 7) is 0. The predicted octanol–water partition coefficient (Wildman–Crippen LogP) is 1.79. The van der Waals surface area contributed by atoms with Gasteiger partial charge in [0.25, 0.3) is 5.56 Å². The van der Waals surface area contributed by atoms with Crippen LogP contribution in [-0.2, 0) is 0 Å². The second-order valence-electron chi connectivity index (χ2n) is 3.56. The smallest absolute Gasteiger partial charge is 0.292 e. The summed E-state index contributed by atoms with van der Waals surface area (Å²) >= 11 is 0. The lowest BCUT2D eigenvalue weighted by Gasteiger charge is -2.06. The van der Waals surface area contributed by atoms with E-state index < -0.39 is 5.56 Å². The van der Waals surface area contributed by atoms with Gasteiger partial charge in [-0.25, -0.2) is 0 Å². The Kier molecular flexibility index (Phi) is 1.71. The zero-order chi connectivity index (χ0) is 11.1. The number of hydrogen-bond acceptors (Lipinski definition) is 3. The van der Waals surface area contributed by atoms with Gasteiger partial charge < -0.3 is 5.21 Å². The lowest BCUT2D eigenvalue weighted by atomic mass is 10.1. The van der Waals surface area contributed by atoms with Gasteiger partial charge >= 0.3 is 0 Å². The molecule has 1 N–H and O–H groups in total. The van der Waals surface area contributed by atoms with E-state index in [1.165, 1.54) is 6.20 Å². The van der Waals surface area contributed by atoms with Gasteiger partial charge in [0.1, 0.15) is 0 Å². The van der Waals surface area contributed by atoms with E-state index >= 15 is 0 Å². The molecule has 0 aliphatic heterocycles. The van der Waals surface area contributed by atoms with Crippen LogP contribution in [0.1, 0.15) is 0 Å². The molecule has 0 amide bonds. The van der Waals surface area contributed by atoms with Crippen molar-refractivity contribution in [3.8, 4) is 0 Å². The first-order valence-corrected chi connectivity index (χ1v) is 4.86. The second kappa shape index (κ2) is 3.06. The molecular formula is C12H8N2O2. The molecule has 0 saturated heterocycles. The molecule has 2 aromatic heterocycles. The van der Waals surface area contributed by atoms with Crippen LogP contribution in [0.25, 0.3) is 21.7 Å². The summed E-state index contributed by atoms with van der Waals surface area (Å²) in [4.78, 5) is 15.7. The Morgan fingerprint density at radius 1 is 1.06 bits per heavy atom.